The van der Waals surface area contributed by atoms with Crippen LogP contribution in [0.4, 0.5) is 0 Å². The van der Waals surface area contributed by atoms with Crippen molar-refractivity contribution in [3.05, 3.63) is 102 Å². The Balaban J connectivity index is 1.27. The Kier molecular flexibility index (Phi) is 8.70. The average molecular weight is 498 g/mol. The number of hydrogen-bond donors (Lipinski definition) is 1. The van der Waals surface area contributed by atoms with Crippen molar-refractivity contribution < 1.29 is 19.1 Å². The highest BCUT2D eigenvalue weighted by atomic mass is 16.5. The largest absolute Gasteiger partial charge is 0.493 e. The van der Waals surface area contributed by atoms with Gasteiger partial charge in [-0.3, -0.25) is 14.3 Å². The molecule has 0 radical (unpaired) electrons. The minimum absolute atomic E-state index is 0.0353. The number of aromatic nitrogens is 2. The second-order valence-corrected chi connectivity index (χ2v) is 8.71. The van der Waals surface area contributed by atoms with Crippen molar-refractivity contribution in [1.82, 2.24) is 15.1 Å². The lowest BCUT2D eigenvalue weighted by atomic mass is 9.98. The van der Waals surface area contributed by atoms with Gasteiger partial charge in [0.05, 0.1) is 20.3 Å². The maximum Gasteiger partial charge on any atom is 0.220 e. The molecule has 0 saturated heterocycles. The van der Waals surface area contributed by atoms with Gasteiger partial charge in [0.1, 0.15) is 0 Å². The van der Waals surface area contributed by atoms with E-state index in [1.54, 1.807) is 24.4 Å². The zero-order valence-electron chi connectivity index (χ0n) is 21.1. The zero-order valence-corrected chi connectivity index (χ0v) is 21.1. The van der Waals surface area contributed by atoms with Crippen LogP contribution in [-0.4, -0.2) is 35.2 Å². The second-order valence-electron chi connectivity index (χ2n) is 8.71. The number of carbonyl (C=O) groups excluding carboxylic acids is 2. The van der Waals surface area contributed by atoms with Crippen LogP contribution in [-0.2, 0) is 17.9 Å². The van der Waals surface area contributed by atoms with Gasteiger partial charge < -0.3 is 14.8 Å². The van der Waals surface area contributed by atoms with Crippen LogP contribution >= 0.6 is 0 Å². The Hall–Kier alpha value is -4.39. The molecule has 0 aliphatic rings. The Morgan fingerprint density at radius 3 is 2.51 bits per heavy atom. The first-order chi connectivity index (χ1) is 18.0. The van der Waals surface area contributed by atoms with Crippen molar-refractivity contribution in [3.63, 3.8) is 0 Å². The molecule has 7 nitrogen and oxygen atoms in total. The molecule has 1 amide bonds. The number of benzene rings is 3. The van der Waals surface area contributed by atoms with Crippen LogP contribution in [0.25, 0.3) is 11.1 Å². The predicted molar refractivity (Wildman–Crippen MR) is 143 cm³/mol. The fourth-order valence-corrected chi connectivity index (χ4v) is 4.03. The second kappa shape index (κ2) is 12.5. The maximum absolute atomic E-state index is 12.5. The first-order valence-corrected chi connectivity index (χ1v) is 12.3. The van der Waals surface area contributed by atoms with E-state index in [1.807, 2.05) is 35.1 Å². The van der Waals surface area contributed by atoms with Crippen molar-refractivity contribution in [3.8, 4) is 22.6 Å². The summed E-state index contributed by atoms with van der Waals surface area (Å²) in [5.41, 5.74) is 4.99. The fourth-order valence-electron chi connectivity index (χ4n) is 4.03. The number of methoxy groups -OCH3 is 1. The summed E-state index contributed by atoms with van der Waals surface area (Å²) in [6, 6.07) is 23.5. The van der Waals surface area contributed by atoms with E-state index >= 15 is 0 Å². The predicted octanol–water partition coefficient (Wildman–Crippen LogP) is 5.29. The summed E-state index contributed by atoms with van der Waals surface area (Å²) >= 11 is 0. The van der Waals surface area contributed by atoms with Crippen molar-refractivity contribution in [2.45, 2.75) is 32.9 Å². The molecule has 0 bridgehead atoms. The first kappa shape index (κ1) is 25.7. The normalized spacial score (nSPS) is 10.6. The molecule has 37 heavy (non-hydrogen) atoms. The minimum Gasteiger partial charge on any atom is -0.493 e. The molecule has 4 aromatic rings. The SMILES string of the molecule is COc1cc(C(C)=O)ccc1OCCCC(=O)NCc1ccccc1-c1ccc(Cn2cccn2)cc1. The number of ketones is 1. The standard InChI is InChI=1S/C30H31N3O4/c1-22(34)25-14-15-28(29(19-25)36-2)37-18-5-9-30(35)31-20-26-7-3-4-8-27(26)24-12-10-23(11-13-24)21-33-17-6-16-32-33/h3-4,6-8,10-17,19H,5,9,18,20-21H2,1-2H3,(H,31,35). The van der Waals surface area contributed by atoms with Crippen molar-refractivity contribution in [2.75, 3.05) is 13.7 Å². The number of amides is 1. The van der Waals surface area contributed by atoms with Gasteiger partial charge in [-0.15, -0.1) is 0 Å². The number of rotatable bonds is 12. The summed E-state index contributed by atoms with van der Waals surface area (Å²) in [6.45, 7) is 3.05. The van der Waals surface area contributed by atoms with E-state index in [-0.39, 0.29) is 11.7 Å². The van der Waals surface area contributed by atoms with E-state index in [9.17, 15) is 9.59 Å². The lowest BCUT2D eigenvalue weighted by Gasteiger charge is -2.13. The number of hydrogen-bond acceptors (Lipinski definition) is 5. The van der Waals surface area contributed by atoms with Crippen LogP contribution in [0.3, 0.4) is 0 Å². The van der Waals surface area contributed by atoms with Crippen LogP contribution in [0.1, 0.15) is 41.3 Å². The van der Waals surface area contributed by atoms with Crippen molar-refractivity contribution in [1.29, 1.82) is 0 Å². The molecule has 0 aliphatic carbocycles. The third-order valence-electron chi connectivity index (χ3n) is 6.04. The van der Waals surface area contributed by atoms with Gasteiger partial charge in [-0.25, -0.2) is 0 Å². The molecule has 0 fully saturated rings. The van der Waals surface area contributed by atoms with E-state index in [1.165, 1.54) is 19.6 Å². The van der Waals surface area contributed by atoms with Crippen LogP contribution in [0, 0.1) is 0 Å². The summed E-state index contributed by atoms with van der Waals surface area (Å²) in [5, 5.41) is 7.28. The Bertz CT molecular complexity index is 1330. The molecule has 0 atom stereocenters. The van der Waals surface area contributed by atoms with Gasteiger partial charge in [0, 0.05) is 30.9 Å². The molecule has 1 heterocycles. The summed E-state index contributed by atoms with van der Waals surface area (Å²) in [7, 11) is 1.53. The molecule has 0 unspecified atom stereocenters. The number of carbonyl (C=O) groups is 2. The van der Waals surface area contributed by atoms with E-state index < -0.39 is 0 Å². The average Bonchev–Trinajstić information content (AvgIpc) is 3.43. The number of nitrogens with zero attached hydrogens (tertiary/aromatic N) is 2. The molecule has 4 rings (SSSR count). The topological polar surface area (TPSA) is 82.5 Å². The molecule has 7 heteroatoms. The molecule has 0 saturated carbocycles. The summed E-state index contributed by atoms with van der Waals surface area (Å²) in [5.74, 6) is 0.984. The third kappa shape index (κ3) is 7.07. The lowest BCUT2D eigenvalue weighted by molar-refractivity contribution is -0.121. The Morgan fingerprint density at radius 2 is 1.78 bits per heavy atom. The maximum atomic E-state index is 12.5. The molecular weight excluding hydrogens is 466 g/mol. The Morgan fingerprint density at radius 1 is 0.973 bits per heavy atom. The number of nitrogens with one attached hydrogen (secondary N) is 1. The van der Waals surface area contributed by atoms with Gasteiger partial charge in [-0.1, -0.05) is 48.5 Å². The molecule has 0 aliphatic heterocycles. The van der Waals surface area contributed by atoms with E-state index in [0.717, 1.165) is 23.2 Å². The molecular formula is C30H31N3O4. The van der Waals surface area contributed by atoms with Gasteiger partial charge >= 0.3 is 0 Å². The van der Waals surface area contributed by atoms with Gasteiger partial charge in [0.15, 0.2) is 17.3 Å². The molecule has 190 valence electrons. The van der Waals surface area contributed by atoms with E-state index in [2.05, 4.69) is 40.7 Å². The highest BCUT2D eigenvalue weighted by Crippen LogP contribution is 2.28. The van der Waals surface area contributed by atoms with E-state index in [0.29, 0.717) is 43.1 Å². The molecule has 3 aromatic carbocycles. The van der Waals surface area contributed by atoms with Crippen LogP contribution in [0.2, 0.25) is 0 Å². The molecule has 1 aromatic heterocycles. The number of Topliss-reactive ketones (excluding diaryl/α,β-unsaturated/α-hetero) is 1. The summed E-state index contributed by atoms with van der Waals surface area (Å²) in [4.78, 5) is 24.0. The summed E-state index contributed by atoms with van der Waals surface area (Å²) in [6.07, 6.45) is 4.63. The molecule has 1 N–H and O–H groups in total. The van der Waals surface area contributed by atoms with Gasteiger partial charge in [-0.2, -0.15) is 5.10 Å². The molecule has 0 spiro atoms. The quantitative estimate of drug-likeness (QED) is 0.213. The first-order valence-electron chi connectivity index (χ1n) is 12.3. The van der Waals surface area contributed by atoms with Gasteiger partial charge in [0.2, 0.25) is 5.91 Å². The monoisotopic (exact) mass is 497 g/mol. The third-order valence-corrected chi connectivity index (χ3v) is 6.04. The highest BCUT2D eigenvalue weighted by molar-refractivity contribution is 5.94. The fraction of sp³-hybridized carbons (Fsp3) is 0.233. The smallest absolute Gasteiger partial charge is 0.220 e. The lowest BCUT2D eigenvalue weighted by Crippen LogP contribution is -2.23. The summed E-state index contributed by atoms with van der Waals surface area (Å²) < 4.78 is 13.0. The zero-order chi connectivity index (χ0) is 26.0. The van der Waals surface area contributed by atoms with Crippen molar-refractivity contribution >= 4 is 11.7 Å². The minimum atomic E-state index is -0.0366. The van der Waals surface area contributed by atoms with Crippen LogP contribution < -0.4 is 14.8 Å². The van der Waals surface area contributed by atoms with Crippen LogP contribution in [0.15, 0.2) is 85.2 Å². The Labute approximate surface area is 217 Å². The highest BCUT2D eigenvalue weighted by Gasteiger charge is 2.10. The van der Waals surface area contributed by atoms with Gasteiger partial charge in [0.25, 0.3) is 0 Å². The van der Waals surface area contributed by atoms with Gasteiger partial charge in [-0.05, 0) is 59.9 Å². The van der Waals surface area contributed by atoms with E-state index in [4.69, 9.17) is 9.47 Å². The number of ether oxygens (including phenoxy) is 2. The van der Waals surface area contributed by atoms with Crippen molar-refractivity contribution in [2.24, 2.45) is 0 Å². The van der Waals surface area contributed by atoms with Crippen LogP contribution in [0.5, 0.6) is 11.5 Å².